The smallest absolute Gasteiger partial charge is 0.258 e. The van der Waals surface area contributed by atoms with E-state index in [1.54, 1.807) is 30.5 Å². The van der Waals surface area contributed by atoms with Crippen LogP contribution in [-0.2, 0) is 17.8 Å². The van der Waals surface area contributed by atoms with Gasteiger partial charge in [0.25, 0.3) is 5.91 Å². The summed E-state index contributed by atoms with van der Waals surface area (Å²) < 4.78 is 5.38. The molecule has 0 saturated heterocycles. The number of nitrogen functional groups attached to an aromatic ring is 1. The van der Waals surface area contributed by atoms with E-state index in [0.29, 0.717) is 18.0 Å². The molecule has 0 fully saturated rings. The van der Waals surface area contributed by atoms with Gasteiger partial charge in [-0.25, -0.2) is 0 Å². The van der Waals surface area contributed by atoms with Gasteiger partial charge in [0.2, 0.25) is 0 Å². The van der Waals surface area contributed by atoms with Gasteiger partial charge in [-0.3, -0.25) is 9.78 Å². The molecule has 0 aliphatic rings. The van der Waals surface area contributed by atoms with Crippen molar-refractivity contribution >= 4 is 11.6 Å². The Morgan fingerprint density at radius 2 is 2.05 bits per heavy atom. The van der Waals surface area contributed by atoms with Crippen molar-refractivity contribution in [2.24, 2.45) is 0 Å². The molecule has 0 aliphatic carbocycles. The van der Waals surface area contributed by atoms with E-state index in [2.05, 4.69) is 17.2 Å². The third-order valence-electron chi connectivity index (χ3n) is 3.07. The second-order valence-corrected chi connectivity index (χ2v) is 4.60. The minimum absolute atomic E-state index is 0.0296. The second-order valence-electron chi connectivity index (χ2n) is 4.60. The van der Waals surface area contributed by atoms with Gasteiger partial charge in [0.15, 0.2) is 6.61 Å². The molecule has 0 spiro atoms. The van der Waals surface area contributed by atoms with Crippen LogP contribution in [0, 0.1) is 0 Å². The van der Waals surface area contributed by atoms with Crippen molar-refractivity contribution in [1.82, 2.24) is 10.3 Å². The van der Waals surface area contributed by atoms with Crippen LogP contribution in [-0.4, -0.2) is 17.5 Å². The van der Waals surface area contributed by atoms with Gasteiger partial charge >= 0.3 is 0 Å². The van der Waals surface area contributed by atoms with Gasteiger partial charge in [0.05, 0.1) is 12.2 Å². The zero-order valence-electron chi connectivity index (χ0n) is 12.0. The number of pyridine rings is 1. The number of aryl methyl sites for hydroxylation is 1. The Balaban J connectivity index is 1.81. The number of hydrogen-bond acceptors (Lipinski definition) is 4. The molecule has 0 aliphatic heterocycles. The zero-order chi connectivity index (χ0) is 15.1. The van der Waals surface area contributed by atoms with Gasteiger partial charge in [0.1, 0.15) is 5.75 Å². The molecule has 0 saturated carbocycles. The number of carbonyl (C=O) groups excluding carboxylic acids is 1. The second kappa shape index (κ2) is 7.28. The van der Waals surface area contributed by atoms with Crippen LogP contribution in [0.15, 0.2) is 42.6 Å². The molecule has 2 rings (SSSR count). The van der Waals surface area contributed by atoms with Crippen LogP contribution in [0.25, 0.3) is 0 Å². The molecule has 1 heterocycles. The van der Waals surface area contributed by atoms with Crippen molar-refractivity contribution < 1.29 is 9.53 Å². The molecule has 0 radical (unpaired) electrons. The summed E-state index contributed by atoms with van der Waals surface area (Å²) in [4.78, 5) is 16.0. The summed E-state index contributed by atoms with van der Waals surface area (Å²) in [5.74, 6) is 0.436. The monoisotopic (exact) mass is 285 g/mol. The van der Waals surface area contributed by atoms with E-state index in [1.807, 2.05) is 12.1 Å². The summed E-state index contributed by atoms with van der Waals surface area (Å²) >= 11 is 0. The number of nitrogens with zero attached hydrogens (tertiary/aromatic N) is 1. The van der Waals surface area contributed by atoms with E-state index >= 15 is 0 Å². The highest BCUT2D eigenvalue weighted by Crippen LogP contribution is 2.12. The molecule has 21 heavy (non-hydrogen) atoms. The largest absolute Gasteiger partial charge is 0.484 e. The van der Waals surface area contributed by atoms with Crippen molar-refractivity contribution in [1.29, 1.82) is 0 Å². The van der Waals surface area contributed by atoms with E-state index in [4.69, 9.17) is 10.5 Å². The molecule has 1 aromatic carbocycles. The summed E-state index contributed by atoms with van der Waals surface area (Å²) in [5.41, 5.74) is 8.27. The van der Waals surface area contributed by atoms with Gasteiger partial charge in [-0.2, -0.15) is 0 Å². The number of amides is 1. The predicted molar refractivity (Wildman–Crippen MR) is 81.8 cm³/mol. The average Bonchev–Trinajstić information content (AvgIpc) is 2.52. The number of benzene rings is 1. The van der Waals surface area contributed by atoms with Gasteiger partial charge in [-0.05, 0) is 42.3 Å². The van der Waals surface area contributed by atoms with E-state index in [9.17, 15) is 4.79 Å². The summed E-state index contributed by atoms with van der Waals surface area (Å²) in [6, 6.07) is 10.8. The van der Waals surface area contributed by atoms with Crippen LogP contribution in [0.4, 0.5) is 5.69 Å². The van der Waals surface area contributed by atoms with Crippen molar-refractivity contribution in [3.05, 3.63) is 53.9 Å². The summed E-state index contributed by atoms with van der Waals surface area (Å²) in [7, 11) is 0. The van der Waals surface area contributed by atoms with Crippen LogP contribution in [0.2, 0.25) is 0 Å². The zero-order valence-corrected chi connectivity index (χ0v) is 12.0. The average molecular weight is 285 g/mol. The maximum absolute atomic E-state index is 11.8. The standard InChI is InChI=1S/C16H19N3O2/c1-2-12-4-3-9-18-15(12)10-19-16(20)11-21-14-7-5-13(17)6-8-14/h3-9H,2,10-11,17H2,1H3,(H,19,20). The number of nitrogens with one attached hydrogen (secondary N) is 1. The molecular weight excluding hydrogens is 266 g/mol. The van der Waals surface area contributed by atoms with Crippen LogP contribution < -0.4 is 15.8 Å². The number of aromatic nitrogens is 1. The first-order valence-electron chi connectivity index (χ1n) is 6.87. The van der Waals surface area contributed by atoms with E-state index < -0.39 is 0 Å². The van der Waals surface area contributed by atoms with Crippen LogP contribution in [0.5, 0.6) is 5.75 Å². The molecule has 110 valence electrons. The van der Waals surface area contributed by atoms with Crippen molar-refractivity contribution in [3.63, 3.8) is 0 Å². The first-order chi connectivity index (χ1) is 10.2. The minimum atomic E-state index is -0.181. The normalized spacial score (nSPS) is 10.1. The highest BCUT2D eigenvalue weighted by atomic mass is 16.5. The fourth-order valence-corrected chi connectivity index (χ4v) is 1.90. The van der Waals surface area contributed by atoms with Crippen LogP contribution in [0.3, 0.4) is 0 Å². The lowest BCUT2D eigenvalue weighted by Crippen LogP contribution is -2.29. The number of ether oxygens (including phenoxy) is 1. The number of carbonyl (C=O) groups is 1. The molecule has 5 heteroatoms. The predicted octanol–water partition coefficient (Wildman–Crippen LogP) is 1.92. The summed E-state index contributed by atoms with van der Waals surface area (Å²) in [6.07, 6.45) is 2.62. The topological polar surface area (TPSA) is 77.2 Å². The van der Waals surface area contributed by atoms with Crippen LogP contribution in [0.1, 0.15) is 18.2 Å². The number of hydrogen-bond donors (Lipinski definition) is 2. The van der Waals surface area contributed by atoms with Gasteiger partial charge < -0.3 is 15.8 Å². The summed E-state index contributed by atoms with van der Waals surface area (Å²) in [6.45, 7) is 2.44. The number of rotatable bonds is 6. The Morgan fingerprint density at radius 3 is 2.76 bits per heavy atom. The molecular formula is C16H19N3O2. The molecule has 0 bridgehead atoms. The molecule has 0 unspecified atom stereocenters. The van der Waals surface area contributed by atoms with Gasteiger partial charge in [-0.15, -0.1) is 0 Å². The Labute approximate surface area is 124 Å². The Hall–Kier alpha value is -2.56. The first-order valence-corrected chi connectivity index (χ1v) is 6.87. The first kappa shape index (κ1) is 14.8. The summed E-state index contributed by atoms with van der Waals surface area (Å²) in [5, 5.41) is 2.80. The highest BCUT2D eigenvalue weighted by molar-refractivity contribution is 5.77. The van der Waals surface area contributed by atoms with E-state index in [-0.39, 0.29) is 12.5 Å². The lowest BCUT2D eigenvalue weighted by Gasteiger charge is -2.09. The van der Waals surface area contributed by atoms with E-state index in [0.717, 1.165) is 17.7 Å². The maximum Gasteiger partial charge on any atom is 0.258 e. The number of nitrogens with two attached hydrogens (primary N) is 1. The quantitative estimate of drug-likeness (QED) is 0.795. The highest BCUT2D eigenvalue weighted by Gasteiger charge is 2.06. The molecule has 0 atom stereocenters. The fraction of sp³-hybridized carbons (Fsp3) is 0.250. The maximum atomic E-state index is 11.8. The SMILES string of the molecule is CCc1cccnc1CNC(=O)COc1ccc(N)cc1. The van der Waals surface area contributed by atoms with Gasteiger partial charge in [0, 0.05) is 11.9 Å². The molecule has 5 nitrogen and oxygen atoms in total. The Morgan fingerprint density at radius 1 is 1.29 bits per heavy atom. The number of anilines is 1. The Kier molecular flexibility index (Phi) is 5.15. The minimum Gasteiger partial charge on any atom is -0.484 e. The van der Waals surface area contributed by atoms with Crippen molar-refractivity contribution in [2.45, 2.75) is 19.9 Å². The third-order valence-corrected chi connectivity index (χ3v) is 3.07. The van der Waals surface area contributed by atoms with Gasteiger partial charge in [-0.1, -0.05) is 13.0 Å². The third kappa shape index (κ3) is 4.49. The van der Waals surface area contributed by atoms with Crippen molar-refractivity contribution in [2.75, 3.05) is 12.3 Å². The molecule has 1 aromatic heterocycles. The molecule has 2 aromatic rings. The van der Waals surface area contributed by atoms with Crippen LogP contribution >= 0.6 is 0 Å². The lowest BCUT2D eigenvalue weighted by atomic mass is 10.1. The molecule has 3 N–H and O–H groups in total. The van der Waals surface area contributed by atoms with E-state index in [1.165, 1.54) is 0 Å². The Bertz CT molecular complexity index is 597. The fourth-order valence-electron chi connectivity index (χ4n) is 1.90. The lowest BCUT2D eigenvalue weighted by molar-refractivity contribution is -0.123. The van der Waals surface area contributed by atoms with Crippen molar-refractivity contribution in [3.8, 4) is 5.75 Å². The molecule has 1 amide bonds.